The van der Waals surface area contributed by atoms with E-state index in [1.54, 1.807) is 6.08 Å². The van der Waals surface area contributed by atoms with Gasteiger partial charge < -0.3 is 9.47 Å². The van der Waals surface area contributed by atoms with Crippen molar-refractivity contribution in [1.82, 2.24) is 5.01 Å². The highest BCUT2D eigenvalue weighted by molar-refractivity contribution is 9.10. The third-order valence-electron chi connectivity index (χ3n) is 5.74. The van der Waals surface area contributed by atoms with E-state index in [2.05, 4.69) is 52.0 Å². The van der Waals surface area contributed by atoms with Crippen LogP contribution in [0.3, 0.4) is 0 Å². The molecular weight excluding hydrogens is 528 g/mol. The number of amides is 1. The fraction of sp³-hybridized carbons (Fsp3) is 0.308. The molecule has 0 saturated heterocycles. The normalized spacial score (nSPS) is 17.3. The number of aliphatic imine (C=N–C) groups is 1. The van der Waals surface area contributed by atoms with E-state index >= 15 is 0 Å². The molecule has 2 heterocycles. The van der Waals surface area contributed by atoms with Gasteiger partial charge in [-0.15, -0.1) is 0 Å². The number of nitrogens with one attached hydrogen (secondary N) is 1. The van der Waals surface area contributed by atoms with E-state index in [0.717, 1.165) is 21.7 Å². The minimum atomic E-state index is -0.462. The fourth-order valence-electron chi connectivity index (χ4n) is 3.53. The molecule has 1 atom stereocenters. The van der Waals surface area contributed by atoms with Gasteiger partial charge >= 0.3 is 0 Å². The Balaban J connectivity index is 1.44. The molecule has 35 heavy (non-hydrogen) atoms. The number of rotatable bonds is 9. The molecule has 0 bridgehead atoms. The summed E-state index contributed by atoms with van der Waals surface area (Å²) in [5.74, 6) is 1.45. The van der Waals surface area contributed by atoms with Crippen molar-refractivity contribution in [2.45, 2.75) is 39.5 Å². The number of thioether (sulfide) groups is 1. The molecule has 2 aromatic rings. The van der Waals surface area contributed by atoms with Crippen LogP contribution in [0.1, 0.15) is 50.7 Å². The maximum Gasteiger partial charge on any atom is 0.283 e. The third-order valence-corrected chi connectivity index (χ3v) is 7.29. The van der Waals surface area contributed by atoms with Gasteiger partial charge in [-0.05, 0) is 72.5 Å². The van der Waals surface area contributed by atoms with Crippen molar-refractivity contribution in [1.29, 1.82) is 5.41 Å². The standard InChI is InChI=1S/C26H27BrN4O3S/c1-4-16(3)17-6-9-20(10-7-17)33-12-13-34-22-11-8-19(27)14-18(22)15-21-24(28)31-26(29-25(21)32)35-23(5-2)30-31/h6-11,14-16,28H,4-5,12-13H2,1-3H3/b21-15+,28-24?. The second kappa shape index (κ2) is 11.2. The van der Waals surface area contributed by atoms with E-state index in [-0.39, 0.29) is 11.4 Å². The molecule has 182 valence electrons. The van der Waals surface area contributed by atoms with Crippen LogP contribution in [0.4, 0.5) is 0 Å². The van der Waals surface area contributed by atoms with Crippen molar-refractivity contribution in [3.05, 3.63) is 63.6 Å². The summed E-state index contributed by atoms with van der Waals surface area (Å²) in [5.41, 5.74) is 2.12. The van der Waals surface area contributed by atoms with Crippen LogP contribution < -0.4 is 9.47 Å². The Morgan fingerprint density at radius 1 is 1.14 bits per heavy atom. The SMILES string of the molecule is CCC1=NN2C(=N)/C(=C\c3cc(Br)ccc3OCCOc3ccc(C(C)CC)cc3)C(=O)N=C2S1. The van der Waals surface area contributed by atoms with Crippen LogP contribution in [-0.4, -0.2) is 40.2 Å². The number of fused-ring (bicyclic) bond motifs is 1. The highest BCUT2D eigenvalue weighted by atomic mass is 79.9. The van der Waals surface area contributed by atoms with Crippen molar-refractivity contribution >= 4 is 55.7 Å². The topological polar surface area (TPSA) is 87.3 Å². The Kier molecular flexibility index (Phi) is 8.07. The monoisotopic (exact) mass is 554 g/mol. The lowest BCUT2D eigenvalue weighted by molar-refractivity contribution is -0.114. The lowest BCUT2D eigenvalue weighted by atomic mass is 9.99. The number of hydrogen-bond donors (Lipinski definition) is 1. The van der Waals surface area contributed by atoms with Crippen LogP contribution in [0.2, 0.25) is 0 Å². The average molecular weight is 555 g/mol. The molecule has 2 aliphatic rings. The van der Waals surface area contributed by atoms with Gasteiger partial charge in [-0.3, -0.25) is 10.2 Å². The van der Waals surface area contributed by atoms with Crippen molar-refractivity contribution < 1.29 is 14.3 Å². The zero-order chi connectivity index (χ0) is 24.9. The van der Waals surface area contributed by atoms with Gasteiger partial charge in [0.1, 0.15) is 29.8 Å². The van der Waals surface area contributed by atoms with E-state index in [1.165, 1.54) is 22.3 Å². The zero-order valence-corrected chi connectivity index (χ0v) is 22.3. The van der Waals surface area contributed by atoms with Crippen LogP contribution in [0.25, 0.3) is 6.08 Å². The number of hydrazone groups is 1. The lowest BCUT2D eigenvalue weighted by Crippen LogP contribution is -2.35. The zero-order valence-electron chi connectivity index (χ0n) is 19.9. The molecule has 9 heteroatoms. The van der Waals surface area contributed by atoms with E-state index in [4.69, 9.17) is 14.9 Å². The van der Waals surface area contributed by atoms with Gasteiger partial charge in [0.15, 0.2) is 5.84 Å². The molecule has 0 saturated carbocycles. The van der Waals surface area contributed by atoms with Crippen LogP contribution >= 0.6 is 27.7 Å². The van der Waals surface area contributed by atoms with Gasteiger partial charge in [0.25, 0.3) is 5.91 Å². The quantitative estimate of drug-likeness (QED) is 0.284. The molecule has 1 N–H and O–H groups in total. The summed E-state index contributed by atoms with van der Waals surface area (Å²) in [6.45, 7) is 7.06. The first-order valence-electron chi connectivity index (χ1n) is 11.5. The van der Waals surface area contributed by atoms with Gasteiger partial charge in [-0.1, -0.05) is 48.8 Å². The molecule has 2 aliphatic heterocycles. The van der Waals surface area contributed by atoms with Gasteiger partial charge in [0.05, 0.1) is 5.57 Å². The molecule has 0 aliphatic carbocycles. The summed E-state index contributed by atoms with van der Waals surface area (Å²) in [6, 6.07) is 13.7. The van der Waals surface area contributed by atoms with Crippen molar-refractivity contribution in [2.75, 3.05) is 13.2 Å². The number of benzene rings is 2. The summed E-state index contributed by atoms with van der Waals surface area (Å²) in [7, 11) is 0. The summed E-state index contributed by atoms with van der Waals surface area (Å²) in [4.78, 5) is 16.8. The maximum atomic E-state index is 12.7. The molecule has 1 unspecified atom stereocenters. The second-order valence-electron chi connectivity index (χ2n) is 8.12. The molecular formula is C26H27BrN4O3S. The van der Waals surface area contributed by atoms with Gasteiger partial charge in [-0.2, -0.15) is 15.1 Å². The molecule has 0 radical (unpaired) electrons. The summed E-state index contributed by atoms with van der Waals surface area (Å²) < 4.78 is 12.6. The average Bonchev–Trinajstić information content (AvgIpc) is 3.28. The Hall–Kier alpha value is -2.91. The minimum Gasteiger partial charge on any atom is -0.490 e. The number of hydrogen-bond acceptors (Lipinski definition) is 6. The Labute approximate surface area is 217 Å². The van der Waals surface area contributed by atoms with Crippen LogP contribution in [0.15, 0.2) is 62.6 Å². The van der Waals surface area contributed by atoms with E-state index in [1.807, 2.05) is 37.3 Å². The van der Waals surface area contributed by atoms with Gasteiger partial charge in [-0.25, -0.2) is 0 Å². The van der Waals surface area contributed by atoms with Gasteiger partial charge in [0, 0.05) is 10.0 Å². The van der Waals surface area contributed by atoms with Gasteiger partial charge in [0.2, 0.25) is 5.17 Å². The number of carbonyl (C=O) groups is 1. The molecule has 0 fully saturated rings. The summed E-state index contributed by atoms with van der Waals surface area (Å²) >= 11 is 4.80. The van der Waals surface area contributed by atoms with E-state index in [9.17, 15) is 4.79 Å². The fourth-order valence-corrected chi connectivity index (χ4v) is 4.74. The first kappa shape index (κ1) is 25.2. The number of ether oxygens (including phenoxy) is 2. The summed E-state index contributed by atoms with van der Waals surface area (Å²) in [6.07, 6.45) is 3.44. The van der Waals surface area contributed by atoms with Crippen molar-refractivity contribution in [3.63, 3.8) is 0 Å². The van der Waals surface area contributed by atoms with Crippen LogP contribution in [0, 0.1) is 5.41 Å². The van der Waals surface area contributed by atoms with E-state index < -0.39 is 5.91 Å². The number of carbonyl (C=O) groups excluding carboxylic acids is 1. The van der Waals surface area contributed by atoms with Crippen LogP contribution in [-0.2, 0) is 4.79 Å². The summed E-state index contributed by atoms with van der Waals surface area (Å²) in [5, 5.41) is 15.6. The largest absolute Gasteiger partial charge is 0.490 e. The first-order chi connectivity index (χ1) is 16.9. The molecule has 0 spiro atoms. The van der Waals surface area contributed by atoms with Crippen molar-refractivity contribution in [3.8, 4) is 11.5 Å². The maximum absolute atomic E-state index is 12.7. The number of amidine groups is 2. The molecule has 4 rings (SSSR count). The first-order valence-corrected chi connectivity index (χ1v) is 13.1. The minimum absolute atomic E-state index is 0.00560. The number of halogens is 1. The van der Waals surface area contributed by atoms with E-state index in [0.29, 0.717) is 42.0 Å². The molecule has 7 nitrogen and oxygen atoms in total. The molecule has 1 amide bonds. The lowest BCUT2D eigenvalue weighted by Gasteiger charge is -2.20. The predicted molar refractivity (Wildman–Crippen MR) is 146 cm³/mol. The molecule has 0 aromatic heterocycles. The highest BCUT2D eigenvalue weighted by Crippen LogP contribution is 2.31. The predicted octanol–water partition coefficient (Wildman–Crippen LogP) is 6.45. The Morgan fingerprint density at radius 3 is 2.60 bits per heavy atom. The van der Waals surface area contributed by atoms with Crippen molar-refractivity contribution in [2.24, 2.45) is 10.1 Å². The number of nitrogens with zero attached hydrogens (tertiary/aromatic N) is 3. The highest BCUT2D eigenvalue weighted by Gasteiger charge is 2.35. The Morgan fingerprint density at radius 2 is 1.89 bits per heavy atom. The second-order valence-corrected chi connectivity index (χ2v) is 10.1. The molecule has 2 aromatic carbocycles. The van der Waals surface area contributed by atoms with Crippen LogP contribution in [0.5, 0.6) is 11.5 Å². The third kappa shape index (κ3) is 5.85. The smallest absolute Gasteiger partial charge is 0.283 e. The Bertz CT molecular complexity index is 1220.